The van der Waals surface area contributed by atoms with Crippen LogP contribution in [0.2, 0.25) is 0 Å². The van der Waals surface area contributed by atoms with Crippen molar-refractivity contribution in [1.29, 1.82) is 0 Å². The fourth-order valence-corrected chi connectivity index (χ4v) is 4.40. The predicted molar refractivity (Wildman–Crippen MR) is 112 cm³/mol. The van der Waals surface area contributed by atoms with Crippen LogP contribution in [-0.2, 0) is 6.54 Å². The molecule has 0 saturated carbocycles. The highest BCUT2D eigenvalue weighted by Crippen LogP contribution is 2.27. The Morgan fingerprint density at radius 1 is 1.21 bits per heavy atom. The van der Waals surface area contributed by atoms with Crippen molar-refractivity contribution in [1.82, 2.24) is 15.2 Å². The van der Waals surface area contributed by atoms with Gasteiger partial charge in [-0.2, -0.15) is 0 Å². The molecular weight excluding hydrogens is 375 g/mol. The number of piperazine rings is 1. The first kappa shape index (κ1) is 18.8. The van der Waals surface area contributed by atoms with Crippen LogP contribution in [0.15, 0.2) is 42.6 Å². The molecule has 146 valence electrons. The van der Waals surface area contributed by atoms with Crippen molar-refractivity contribution in [2.45, 2.75) is 13.5 Å². The number of fused-ring (bicyclic) bond motifs is 1. The lowest BCUT2D eigenvalue weighted by Crippen LogP contribution is -2.46. The molecule has 0 spiro atoms. The molecule has 28 heavy (non-hydrogen) atoms. The van der Waals surface area contributed by atoms with Crippen LogP contribution >= 0.6 is 11.3 Å². The number of benzene rings is 1. The van der Waals surface area contributed by atoms with Crippen molar-refractivity contribution in [3.05, 3.63) is 58.9 Å². The summed E-state index contributed by atoms with van der Waals surface area (Å²) >= 11 is 1.30. The van der Waals surface area contributed by atoms with Gasteiger partial charge in [-0.25, -0.2) is 9.37 Å². The molecule has 3 aromatic rings. The monoisotopic (exact) mass is 398 g/mol. The third kappa shape index (κ3) is 4.00. The summed E-state index contributed by atoms with van der Waals surface area (Å²) in [6.45, 7) is 7.77. The summed E-state index contributed by atoms with van der Waals surface area (Å²) in [7, 11) is 0. The van der Waals surface area contributed by atoms with Crippen LogP contribution in [0.1, 0.15) is 22.2 Å². The number of amides is 1. The third-order valence-corrected chi connectivity index (χ3v) is 6.24. The molecule has 1 amide bonds. The summed E-state index contributed by atoms with van der Waals surface area (Å²) < 4.78 is 14.6. The summed E-state index contributed by atoms with van der Waals surface area (Å²) in [5, 5.41) is 3.39. The van der Waals surface area contributed by atoms with Gasteiger partial charge in [-0.1, -0.05) is 19.1 Å². The smallest absolute Gasteiger partial charge is 0.261 e. The van der Waals surface area contributed by atoms with Gasteiger partial charge in [0, 0.05) is 49.0 Å². The van der Waals surface area contributed by atoms with Crippen molar-refractivity contribution in [3.8, 4) is 0 Å². The first-order chi connectivity index (χ1) is 13.6. The van der Waals surface area contributed by atoms with Gasteiger partial charge in [0.2, 0.25) is 0 Å². The molecule has 0 bridgehead atoms. The van der Waals surface area contributed by atoms with Crippen molar-refractivity contribution in [2.75, 3.05) is 37.6 Å². The highest BCUT2D eigenvalue weighted by atomic mass is 32.1. The van der Waals surface area contributed by atoms with Crippen LogP contribution in [0, 0.1) is 5.82 Å². The molecule has 1 aromatic carbocycles. The Hall–Kier alpha value is -2.51. The number of rotatable bonds is 5. The summed E-state index contributed by atoms with van der Waals surface area (Å²) in [5.41, 5.74) is 0.941. The van der Waals surface area contributed by atoms with E-state index in [9.17, 15) is 9.18 Å². The Morgan fingerprint density at radius 3 is 2.71 bits per heavy atom. The molecule has 0 unspecified atom stereocenters. The number of hydrogen-bond donors (Lipinski definition) is 1. The van der Waals surface area contributed by atoms with E-state index in [4.69, 9.17) is 0 Å². The van der Waals surface area contributed by atoms with Gasteiger partial charge in [0.25, 0.3) is 5.91 Å². The van der Waals surface area contributed by atoms with Gasteiger partial charge >= 0.3 is 0 Å². The van der Waals surface area contributed by atoms with Gasteiger partial charge in [-0.05, 0) is 36.4 Å². The number of hydrogen-bond acceptors (Lipinski definition) is 5. The molecular formula is C21H23FN4OS. The molecule has 2 aromatic heterocycles. The lowest BCUT2D eigenvalue weighted by atomic mass is 10.2. The quantitative estimate of drug-likeness (QED) is 0.715. The van der Waals surface area contributed by atoms with E-state index in [2.05, 4.69) is 27.0 Å². The Kier molecular flexibility index (Phi) is 5.54. The molecule has 1 N–H and O–H groups in total. The minimum Gasteiger partial charge on any atom is -0.354 e. The first-order valence-corrected chi connectivity index (χ1v) is 10.3. The van der Waals surface area contributed by atoms with E-state index >= 15 is 0 Å². The molecule has 4 rings (SSSR count). The van der Waals surface area contributed by atoms with Gasteiger partial charge in [0.1, 0.15) is 11.6 Å². The lowest BCUT2D eigenvalue weighted by Gasteiger charge is -2.34. The highest BCUT2D eigenvalue weighted by Gasteiger charge is 2.17. The molecule has 1 saturated heterocycles. The number of likely N-dealkylation sites (N-methyl/N-ethyl adjacent to an activating group) is 1. The fourth-order valence-electron chi connectivity index (χ4n) is 3.41. The second-order valence-electron chi connectivity index (χ2n) is 6.89. The first-order valence-electron chi connectivity index (χ1n) is 9.52. The van der Waals surface area contributed by atoms with E-state index in [0.717, 1.165) is 48.8 Å². The zero-order valence-corrected chi connectivity index (χ0v) is 16.6. The van der Waals surface area contributed by atoms with E-state index in [1.807, 2.05) is 24.4 Å². The average Bonchev–Trinajstić information content (AvgIpc) is 3.18. The number of nitrogens with zero attached hydrogens (tertiary/aromatic N) is 3. The summed E-state index contributed by atoms with van der Waals surface area (Å²) in [6, 6.07) is 10.5. The number of anilines is 1. The number of carbonyl (C=O) groups excluding carboxylic acids is 1. The van der Waals surface area contributed by atoms with Crippen LogP contribution in [0.3, 0.4) is 0 Å². The van der Waals surface area contributed by atoms with E-state index < -0.39 is 0 Å². The van der Waals surface area contributed by atoms with Crippen LogP contribution < -0.4 is 10.2 Å². The maximum atomic E-state index is 13.8. The van der Waals surface area contributed by atoms with E-state index in [-0.39, 0.29) is 11.7 Å². The van der Waals surface area contributed by atoms with Crippen LogP contribution in [-0.4, -0.2) is 48.5 Å². The Labute approximate surface area is 167 Å². The maximum absolute atomic E-state index is 13.8. The second-order valence-corrected chi connectivity index (χ2v) is 7.97. The number of aromatic nitrogens is 1. The summed E-state index contributed by atoms with van der Waals surface area (Å²) in [4.78, 5) is 22.2. The van der Waals surface area contributed by atoms with E-state index in [0.29, 0.717) is 16.8 Å². The Balaban J connectivity index is 1.35. The third-order valence-electron chi connectivity index (χ3n) is 5.14. The fraction of sp³-hybridized carbons (Fsp3) is 0.333. The molecule has 1 aliphatic rings. The minimum absolute atomic E-state index is 0.194. The summed E-state index contributed by atoms with van der Waals surface area (Å²) in [5.74, 6) is 0.485. The average molecular weight is 399 g/mol. The standard InChI is InChI=1S/C21H23FN4OS/c1-2-25-8-10-26(11-9-25)20-7-6-15(13-23-20)14-24-21(27)19-12-16-17(22)4-3-5-18(16)28-19/h3-7,12-13H,2,8-11,14H2,1H3,(H,24,27). The van der Waals surface area contributed by atoms with Crippen molar-refractivity contribution in [2.24, 2.45) is 0 Å². The molecule has 3 heterocycles. The normalized spacial score (nSPS) is 15.1. The van der Waals surface area contributed by atoms with Gasteiger partial charge in [0.05, 0.1) is 4.88 Å². The van der Waals surface area contributed by atoms with Crippen molar-refractivity contribution < 1.29 is 9.18 Å². The molecule has 0 atom stereocenters. The summed E-state index contributed by atoms with van der Waals surface area (Å²) in [6.07, 6.45) is 1.81. The molecule has 0 radical (unpaired) electrons. The Morgan fingerprint density at radius 2 is 2.04 bits per heavy atom. The molecule has 7 heteroatoms. The number of pyridine rings is 1. The van der Waals surface area contributed by atoms with E-state index in [1.54, 1.807) is 12.1 Å². The molecule has 1 aliphatic heterocycles. The van der Waals surface area contributed by atoms with Crippen LogP contribution in [0.5, 0.6) is 0 Å². The number of carbonyl (C=O) groups is 1. The van der Waals surface area contributed by atoms with Crippen LogP contribution in [0.4, 0.5) is 10.2 Å². The molecule has 1 fully saturated rings. The topological polar surface area (TPSA) is 48.5 Å². The number of halogens is 1. The lowest BCUT2D eigenvalue weighted by molar-refractivity contribution is 0.0955. The Bertz CT molecular complexity index is 964. The van der Waals surface area contributed by atoms with E-state index in [1.165, 1.54) is 17.4 Å². The number of nitrogens with one attached hydrogen (secondary N) is 1. The molecule has 0 aliphatic carbocycles. The van der Waals surface area contributed by atoms with Gasteiger partial charge in [-0.15, -0.1) is 11.3 Å². The van der Waals surface area contributed by atoms with Crippen molar-refractivity contribution >= 4 is 33.1 Å². The predicted octanol–water partition coefficient (Wildman–Crippen LogP) is 3.51. The number of thiophene rings is 1. The minimum atomic E-state index is -0.299. The van der Waals surface area contributed by atoms with Gasteiger partial charge < -0.3 is 15.1 Å². The van der Waals surface area contributed by atoms with Gasteiger partial charge in [0.15, 0.2) is 0 Å². The molecule has 5 nitrogen and oxygen atoms in total. The van der Waals surface area contributed by atoms with Crippen molar-refractivity contribution in [3.63, 3.8) is 0 Å². The maximum Gasteiger partial charge on any atom is 0.261 e. The second kappa shape index (κ2) is 8.24. The highest BCUT2D eigenvalue weighted by molar-refractivity contribution is 7.20. The largest absolute Gasteiger partial charge is 0.354 e. The zero-order valence-electron chi connectivity index (χ0n) is 15.8. The van der Waals surface area contributed by atoms with Crippen LogP contribution in [0.25, 0.3) is 10.1 Å². The SMILES string of the molecule is CCN1CCN(c2ccc(CNC(=O)c3cc4c(F)cccc4s3)cn2)CC1. The van der Waals surface area contributed by atoms with Gasteiger partial charge in [-0.3, -0.25) is 4.79 Å². The zero-order chi connectivity index (χ0) is 19.5.